The molecule has 0 amide bonds. The third-order valence-corrected chi connectivity index (χ3v) is 3.43. The van der Waals surface area contributed by atoms with Crippen molar-refractivity contribution in [2.75, 3.05) is 5.73 Å². The average Bonchev–Trinajstić information content (AvgIpc) is 2.44. The summed E-state index contributed by atoms with van der Waals surface area (Å²) in [6, 6.07) is 16.2. The third-order valence-electron chi connectivity index (χ3n) is 3.43. The lowest BCUT2D eigenvalue weighted by atomic mass is 10.1. The van der Waals surface area contributed by atoms with Crippen LogP contribution in [-0.2, 0) is 6.61 Å². The fourth-order valence-electron chi connectivity index (χ4n) is 2.47. The van der Waals surface area contributed by atoms with Gasteiger partial charge in [0.2, 0.25) is 0 Å². The van der Waals surface area contributed by atoms with Gasteiger partial charge < -0.3 is 10.5 Å². The smallest absolute Gasteiger partial charge is 0.130 e. The van der Waals surface area contributed by atoms with Crippen molar-refractivity contribution < 1.29 is 4.74 Å². The molecule has 0 atom stereocenters. The minimum Gasteiger partial charge on any atom is -0.489 e. The van der Waals surface area contributed by atoms with Crippen molar-refractivity contribution in [3.05, 3.63) is 65.2 Å². The number of hydrogen-bond donors (Lipinski definition) is 1. The van der Waals surface area contributed by atoms with Gasteiger partial charge in [-0.2, -0.15) is 0 Å². The molecule has 0 aliphatic carbocycles. The molecule has 3 rings (SSSR count). The number of ether oxygens (including phenoxy) is 1. The van der Waals surface area contributed by atoms with E-state index in [2.05, 4.69) is 24.9 Å². The van der Waals surface area contributed by atoms with Crippen LogP contribution >= 0.6 is 0 Å². The first kappa shape index (κ1) is 13.4. The maximum absolute atomic E-state index is 6.02. The number of para-hydroxylation sites is 1. The first-order valence-corrected chi connectivity index (χ1v) is 6.97. The molecular weight excluding hydrogens is 260 g/mol. The van der Waals surface area contributed by atoms with E-state index in [1.54, 1.807) is 0 Å². The molecular formula is C18H18N2O. The lowest BCUT2D eigenvalue weighted by molar-refractivity contribution is 0.306. The van der Waals surface area contributed by atoms with E-state index >= 15 is 0 Å². The van der Waals surface area contributed by atoms with Crippen molar-refractivity contribution in [2.45, 2.75) is 20.5 Å². The molecule has 0 bridgehead atoms. The number of pyridine rings is 1. The molecule has 106 valence electrons. The molecule has 1 aromatic heterocycles. The molecule has 0 radical (unpaired) electrons. The summed E-state index contributed by atoms with van der Waals surface area (Å²) < 4.78 is 5.86. The zero-order chi connectivity index (χ0) is 14.8. The van der Waals surface area contributed by atoms with Crippen LogP contribution in [-0.4, -0.2) is 4.98 Å². The van der Waals surface area contributed by atoms with E-state index in [0.717, 1.165) is 22.2 Å². The molecule has 0 saturated heterocycles. The van der Waals surface area contributed by atoms with Gasteiger partial charge >= 0.3 is 0 Å². The summed E-state index contributed by atoms with van der Waals surface area (Å²) >= 11 is 0. The van der Waals surface area contributed by atoms with Gasteiger partial charge in [0.15, 0.2) is 0 Å². The van der Waals surface area contributed by atoms with Crippen LogP contribution in [0.3, 0.4) is 0 Å². The van der Waals surface area contributed by atoms with Crippen LogP contribution in [0.1, 0.15) is 16.7 Å². The van der Waals surface area contributed by atoms with Gasteiger partial charge in [0.25, 0.3) is 0 Å². The largest absolute Gasteiger partial charge is 0.489 e. The monoisotopic (exact) mass is 278 g/mol. The van der Waals surface area contributed by atoms with Crippen LogP contribution in [0.15, 0.2) is 48.5 Å². The number of hydrogen-bond acceptors (Lipinski definition) is 3. The van der Waals surface area contributed by atoms with Gasteiger partial charge in [0.1, 0.15) is 18.2 Å². The molecule has 0 fully saturated rings. The van der Waals surface area contributed by atoms with Crippen molar-refractivity contribution in [2.24, 2.45) is 0 Å². The molecule has 2 aromatic carbocycles. The van der Waals surface area contributed by atoms with Crippen LogP contribution in [0, 0.1) is 13.8 Å². The topological polar surface area (TPSA) is 48.1 Å². The second-order valence-corrected chi connectivity index (χ2v) is 5.34. The van der Waals surface area contributed by atoms with Crippen molar-refractivity contribution in [3.8, 4) is 5.75 Å². The number of nitrogen functional groups attached to an aromatic ring is 1. The fraction of sp³-hybridized carbons (Fsp3) is 0.167. The molecule has 0 aliphatic heterocycles. The molecule has 2 N–H and O–H groups in total. The Kier molecular flexibility index (Phi) is 3.48. The Balaban J connectivity index is 1.86. The number of aromatic nitrogens is 1. The Labute approximate surface area is 124 Å². The molecule has 0 spiro atoms. The van der Waals surface area contributed by atoms with E-state index in [1.807, 2.05) is 42.5 Å². The Morgan fingerprint density at radius 2 is 1.71 bits per heavy atom. The molecule has 1 heterocycles. The average molecular weight is 278 g/mol. The predicted octanol–water partition coefficient (Wildman–Crippen LogP) is 4.01. The van der Waals surface area contributed by atoms with Gasteiger partial charge in [-0.05, 0) is 49.2 Å². The zero-order valence-corrected chi connectivity index (χ0v) is 12.3. The number of nitrogens with zero attached hydrogens (tertiary/aromatic N) is 1. The number of benzene rings is 2. The molecule has 0 saturated carbocycles. The number of aryl methyl sites for hydroxylation is 2. The summed E-state index contributed by atoms with van der Waals surface area (Å²) in [5.41, 5.74) is 10.2. The van der Waals surface area contributed by atoms with Crippen LogP contribution in [0.5, 0.6) is 5.75 Å². The van der Waals surface area contributed by atoms with Crippen LogP contribution < -0.4 is 10.5 Å². The Bertz CT molecular complexity index is 776. The minimum absolute atomic E-state index is 0.423. The summed E-state index contributed by atoms with van der Waals surface area (Å²) in [4.78, 5) is 4.42. The van der Waals surface area contributed by atoms with Crippen LogP contribution in [0.2, 0.25) is 0 Å². The Morgan fingerprint density at radius 3 is 2.48 bits per heavy atom. The quantitative estimate of drug-likeness (QED) is 0.787. The van der Waals surface area contributed by atoms with Gasteiger partial charge in [0.05, 0.1) is 5.52 Å². The van der Waals surface area contributed by atoms with Gasteiger partial charge in [-0.15, -0.1) is 0 Å². The minimum atomic E-state index is 0.423. The van der Waals surface area contributed by atoms with Gasteiger partial charge in [0, 0.05) is 10.9 Å². The van der Waals surface area contributed by atoms with E-state index in [0.29, 0.717) is 12.4 Å². The summed E-state index contributed by atoms with van der Waals surface area (Å²) in [6.07, 6.45) is 0. The fourth-order valence-corrected chi connectivity index (χ4v) is 2.47. The van der Waals surface area contributed by atoms with Crippen LogP contribution in [0.25, 0.3) is 10.9 Å². The van der Waals surface area contributed by atoms with Gasteiger partial charge in [-0.1, -0.05) is 24.3 Å². The van der Waals surface area contributed by atoms with Gasteiger partial charge in [-0.25, -0.2) is 4.98 Å². The highest BCUT2D eigenvalue weighted by atomic mass is 16.5. The maximum Gasteiger partial charge on any atom is 0.130 e. The second kappa shape index (κ2) is 5.44. The highest BCUT2D eigenvalue weighted by Crippen LogP contribution is 2.21. The molecule has 3 aromatic rings. The van der Waals surface area contributed by atoms with Crippen molar-refractivity contribution in [1.29, 1.82) is 0 Å². The van der Waals surface area contributed by atoms with E-state index in [-0.39, 0.29) is 0 Å². The number of nitrogens with two attached hydrogens (primary N) is 1. The number of anilines is 1. The van der Waals surface area contributed by atoms with E-state index in [1.165, 1.54) is 11.1 Å². The number of fused-ring (bicyclic) bond motifs is 1. The molecule has 3 heteroatoms. The Hall–Kier alpha value is -2.55. The lowest BCUT2D eigenvalue weighted by Gasteiger charge is -2.10. The van der Waals surface area contributed by atoms with Gasteiger partial charge in [-0.3, -0.25) is 0 Å². The first-order chi connectivity index (χ1) is 10.1. The molecule has 3 nitrogen and oxygen atoms in total. The van der Waals surface area contributed by atoms with Crippen LogP contribution in [0.4, 0.5) is 5.82 Å². The second-order valence-electron chi connectivity index (χ2n) is 5.34. The highest BCUT2D eigenvalue weighted by Gasteiger charge is 2.05. The van der Waals surface area contributed by atoms with E-state index < -0.39 is 0 Å². The van der Waals surface area contributed by atoms with E-state index in [9.17, 15) is 0 Å². The predicted molar refractivity (Wildman–Crippen MR) is 86.4 cm³/mol. The number of rotatable bonds is 3. The molecule has 21 heavy (non-hydrogen) atoms. The molecule has 0 aliphatic rings. The summed E-state index contributed by atoms with van der Waals surface area (Å²) in [5.74, 6) is 1.39. The zero-order valence-electron chi connectivity index (χ0n) is 12.3. The van der Waals surface area contributed by atoms with E-state index in [4.69, 9.17) is 10.5 Å². The van der Waals surface area contributed by atoms with Crippen molar-refractivity contribution in [1.82, 2.24) is 4.98 Å². The Morgan fingerprint density at radius 1 is 1.00 bits per heavy atom. The summed E-state index contributed by atoms with van der Waals surface area (Å²) in [7, 11) is 0. The lowest BCUT2D eigenvalue weighted by Crippen LogP contribution is -2.03. The molecule has 0 unspecified atom stereocenters. The highest BCUT2D eigenvalue weighted by molar-refractivity contribution is 5.81. The SMILES string of the molecule is Cc1cc(C)cc(OCc2cc3ccccc3nc2N)c1. The van der Waals surface area contributed by atoms with Crippen molar-refractivity contribution in [3.63, 3.8) is 0 Å². The third kappa shape index (κ3) is 2.97. The summed E-state index contributed by atoms with van der Waals surface area (Å²) in [6.45, 7) is 4.55. The van der Waals surface area contributed by atoms with Crippen molar-refractivity contribution >= 4 is 16.7 Å². The summed E-state index contributed by atoms with van der Waals surface area (Å²) in [5, 5.41) is 1.07. The first-order valence-electron chi connectivity index (χ1n) is 6.97. The normalized spacial score (nSPS) is 10.8. The standard InChI is InChI=1S/C18H18N2O/c1-12-7-13(2)9-16(8-12)21-11-15-10-14-5-3-4-6-17(14)20-18(15)19/h3-10H,11H2,1-2H3,(H2,19,20). The maximum atomic E-state index is 6.02.